The number of nitrogens with one attached hydrogen (secondary N) is 1. The summed E-state index contributed by atoms with van der Waals surface area (Å²) < 4.78 is 35.5. The summed E-state index contributed by atoms with van der Waals surface area (Å²) >= 11 is 0. The van der Waals surface area contributed by atoms with Gasteiger partial charge in [0.15, 0.2) is 0 Å². The molecular formula is C12H11F3N2O. The lowest BCUT2D eigenvalue weighted by Gasteiger charge is -2.07. The normalized spacial score (nSPS) is 10.8. The second kappa shape index (κ2) is 6.05. The van der Waals surface area contributed by atoms with Crippen LogP contribution in [0.2, 0.25) is 0 Å². The molecule has 0 unspecified atom stereocenters. The second-order valence-electron chi connectivity index (χ2n) is 3.66. The zero-order chi connectivity index (χ0) is 13.6. The molecule has 0 atom stereocenters. The number of amides is 1. The van der Waals surface area contributed by atoms with Crippen LogP contribution < -0.4 is 5.32 Å². The van der Waals surface area contributed by atoms with E-state index < -0.39 is 18.5 Å². The molecule has 0 aliphatic rings. The third-order valence-corrected chi connectivity index (χ3v) is 2.20. The summed E-state index contributed by atoms with van der Waals surface area (Å²) in [6.45, 7) is -0.0294. The molecule has 6 heteroatoms. The van der Waals surface area contributed by atoms with E-state index in [4.69, 9.17) is 5.26 Å². The number of hydrogen-bond donors (Lipinski definition) is 1. The van der Waals surface area contributed by atoms with Gasteiger partial charge in [0.25, 0.3) is 5.91 Å². The van der Waals surface area contributed by atoms with E-state index in [1.807, 2.05) is 6.07 Å². The molecule has 3 nitrogen and oxygen atoms in total. The number of halogens is 3. The molecule has 0 saturated carbocycles. The predicted molar refractivity (Wildman–Crippen MR) is 58.8 cm³/mol. The molecule has 0 bridgehead atoms. The number of carbonyl (C=O) groups is 1. The molecule has 1 aromatic carbocycles. The van der Waals surface area contributed by atoms with Crippen LogP contribution in [-0.2, 0) is 0 Å². The lowest BCUT2D eigenvalue weighted by Crippen LogP contribution is -2.25. The van der Waals surface area contributed by atoms with E-state index >= 15 is 0 Å². The van der Waals surface area contributed by atoms with Crippen molar-refractivity contribution >= 4 is 5.91 Å². The van der Waals surface area contributed by atoms with Crippen LogP contribution in [0.5, 0.6) is 0 Å². The minimum absolute atomic E-state index is 0.0294. The number of benzene rings is 1. The first kappa shape index (κ1) is 14.0. The van der Waals surface area contributed by atoms with E-state index in [0.29, 0.717) is 11.1 Å². The molecule has 0 heterocycles. The van der Waals surface area contributed by atoms with Crippen LogP contribution in [0.25, 0.3) is 0 Å². The van der Waals surface area contributed by atoms with Crippen LogP contribution >= 0.6 is 0 Å². The first-order valence-electron chi connectivity index (χ1n) is 5.27. The number of rotatable bonds is 4. The Morgan fingerprint density at radius 1 is 1.28 bits per heavy atom. The molecule has 1 rings (SSSR count). The summed E-state index contributed by atoms with van der Waals surface area (Å²) in [5, 5.41) is 10.9. The number of carbonyl (C=O) groups excluding carboxylic acids is 1. The lowest BCUT2D eigenvalue weighted by atomic mass is 10.1. The van der Waals surface area contributed by atoms with E-state index in [1.54, 1.807) is 0 Å². The Morgan fingerprint density at radius 3 is 2.39 bits per heavy atom. The third-order valence-electron chi connectivity index (χ3n) is 2.20. The van der Waals surface area contributed by atoms with E-state index in [2.05, 4.69) is 5.32 Å². The summed E-state index contributed by atoms with van der Waals surface area (Å²) in [5.74, 6) is -0.443. The van der Waals surface area contributed by atoms with Crippen molar-refractivity contribution in [1.82, 2.24) is 5.32 Å². The fourth-order valence-corrected chi connectivity index (χ4v) is 1.29. The van der Waals surface area contributed by atoms with Crippen molar-refractivity contribution in [2.45, 2.75) is 19.0 Å². The molecular weight excluding hydrogens is 245 g/mol. The Morgan fingerprint density at radius 2 is 1.89 bits per heavy atom. The average molecular weight is 256 g/mol. The molecule has 1 N–H and O–H groups in total. The SMILES string of the molecule is N#Cc1ccc(C(=O)NCCCC(F)(F)F)cc1. The van der Waals surface area contributed by atoms with Gasteiger partial charge in [-0.25, -0.2) is 0 Å². The lowest BCUT2D eigenvalue weighted by molar-refractivity contribution is -0.135. The van der Waals surface area contributed by atoms with Crippen molar-refractivity contribution in [3.8, 4) is 6.07 Å². The van der Waals surface area contributed by atoms with Gasteiger partial charge in [0.05, 0.1) is 11.6 Å². The number of hydrogen-bond acceptors (Lipinski definition) is 2. The highest BCUT2D eigenvalue weighted by molar-refractivity contribution is 5.94. The van der Waals surface area contributed by atoms with Gasteiger partial charge in [-0.3, -0.25) is 4.79 Å². The van der Waals surface area contributed by atoms with Gasteiger partial charge in [0.2, 0.25) is 0 Å². The number of nitriles is 1. The Hall–Kier alpha value is -2.03. The van der Waals surface area contributed by atoms with Gasteiger partial charge in [0.1, 0.15) is 0 Å². The van der Waals surface area contributed by atoms with Crippen molar-refractivity contribution in [3.63, 3.8) is 0 Å². The Kier molecular flexibility index (Phi) is 4.72. The van der Waals surface area contributed by atoms with Crippen LogP contribution in [0.1, 0.15) is 28.8 Å². The van der Waals surface area contributed by atoms with E-state index in [9.17, 15) is 18.0 Å². The van der Waals surface area contributed by atoms with Gasteiger partial charge >= 0.3 is 6.18 Å². The van der Waals surface area contributed by atoms with Crippen molar-refractivity contribution < 1.29 is 18.0 Å². The first-order valence-corrected chi connectivity index (χ1v) is 5.27. The zero-order valence-corrected chi connectivity index (χ0v) is 9.42. The highest BCUT2D eigenvalue weighted by Gasteiger charge is 2.25. The molecule has 1 amide bonds. The monoisotopic (exact) mass is 256 g/mol. The average Bonchev–Trinajstić information content (AvgIpc) is 2.33. The van der Waals surface area contributed by atoms with Crippen molar-refractivity contribution in [1.29, 1.82) is 5.26 Å². The fourth-order valence-electron chi connectivity index (χ4n) is 1.29. The van der Waals surface area contributed by atoms with Crippen LogP contribution in [0.15, 0.2) is 24.3 Å². The van der Waals surface area contributed by atoms with E-state index in [-0.39, 0.29) is 13.0 Å². The van der Waals surface area contributed by atoms with Gasteiger partial charge in [-0.2, -0.15) is 18.4 Å². The number of nitrogens with zero attached hydrogens (tertiary/aromatic N) is 1. The Labute approximate surface area is 102 Å². The number of alkyl halides is 3. The maximum atomic E-state index is 11.8. The standard InChI is InChI=1S/C12H11F3N2O/c13-12(14,15)6-1-7-17-11(18)10-4-2-9(8-16)3-5-10/h2-5H,1,6-7H2,(H,17,18). The van der Waals surface area contributed by atoms with Crippen LogP contribution in [0.4, 0.5) is 13.2 Å². The maximum Gasteiger partial charge on any atom is 0.389 e. The van der Waals surface area contributed by atoms with Gasteiger partial charge in [-0.1, -0.05) is 0 Å². The predicted octanol–water partition coefficient (Wildman–Crippen LogP) is 2.63. The molecule has 0 fully saturated rings. The molecule has 96 valence electrons. The van der Waals surface area contributed by atoms with Gasteiger partial charge < -0.3 is 5.32 Å². The minimum atomic E-state index is -4.20. The molecule has 0 aliphatic carbocycles. The summed E-state index contributed by atoms with van der Waals surface area (Å²) in [6, 6.07) is 7.77. The molecule has 1 aromatic rings. The molecule has 0 saturated heterocycles. The minimum Gasteiger partial charge on any atom is -0.352 e. The third kappa shape index (κ3) is 4.87. The Bertz CT molecular complexity index is 446. The van der Waals surface area contributed by atoms with E-state index in [1.165, 1.54) is 24.3 Å². The summed E-state index contributed by atoms with van der Waals surface area (Å²) in [5.41, 5.74) is 0.740. The molecule has 0 aromatic heterocycles. The zero-order valence-electron chi connectivity index (χ0n) is 9.42. The van der Waals surface area contributed by atoms with Crippen LogP contribution in [0.3, 0.4) is 0 Å². The van der Waals surface area contributed by atoms with Gasteiger partial charge in [0, 0.05) is 18.5 Å². The largest absolute Gasteiger partial charge is 0.389 e. The van der Waals surface area contributed by atoms with Crippen molar-refractivity contribution in [2.75, 3.05) is 6.54 Å². The summed E-state index contributed by atoms with van der Waals surface area (Å²) in [7, 11) is 0. The highest BCUT2D eigenvalue weighted by Crippen LogP contribution is 2.20. The second-order valence-corrected chi connectivity index (χ2v) is 3.66. The highest BCUT2D eigenvalue weighted by atomic mass is 19.4. The molecule has 0 spiro atoms. The fraction of sp³-hybridized carbons (Fsp3) is 0.333. The van der Waals surface area contributed by atoms with Crippen molar-refractivity contribution in [2.24, 2.45) is 0 Å². The molecule has 18 heavy (non-hydrogen) atoms. The van der Waals surface area contributed by atoms with Crippen LogP contribution in [0, 0.1) is 11.3 Å². The van der Waals surface area contributed by atoms with Gasteiger partial charge in [-0.15, -0.1) is 0 Å². The van der Waals surface area contributed by atoms with Crippen LogP contribution in [-0.4, -0.2) is 18.6 Å². The van der Waals surface area contributed by atoms with Gasteiger partial charge in [-0.05, 0) is 30.7 Å². The quantitative estimate of drug-likeness (QED) is 0.842. The smallest absolute Gasteiger partial charge is 0.352 e. The Balaban J connectivity index is 2.39. The molecule has 0 aliphatic heterocycles. The van der Waals surface area contributed by atoms with Crippen molar-refractivity contribution in [3.05, 3.63) is 35.4 Å². The summed E-state index contributed by atoms with van der Waals surface area (Å²) in [4.78, 5) is 11.5. The topological polar surface area (TPSA) is 52.9 Å². The summed E-state index contributed by atoms with van der Waals surface area (Å²) in [6.07, 6.45) is -5.26. The van der Waals surface area contributed by atoms with E-state index in [0.717, 1.165) is 0 Å². The first-order chi connectivity index (χ1) is 8.42. The maximum absolute atomic E-state index is 11.8. The molecule has 0 radical (unpaired) electrons.